The van der Waals surface area contributed by atoms with Crippen LogP contribution in [0.25, 0.3) is 0 Å². The molecule has 24 heavy (non-hydrogen) atoms. The van der Waals surface area contributed by atoms with Crippen molar-refractivity contribution in [2.45, 2.75) is 12.8 Å². The van der Waals surface area contributed by atoms with E-state index in [0.717, 1.165) is 6.07 Å². The maximum absolute atomic E-state index is 11.7. The Morgan fingerprint density at radius 1 is 1.00 bits per heavy atom. The third-order valence-electron chi connectivity index (χ3n) is 3.04. The van der Waals surface area contributed by atoms with Gasteiger partial charge in [-0.15, -0.1) is 0 Å². The first-order chi connectivity index (χ1) is 11.5. The molecule has 4 N–H and O–H groups in total. The van der Waals surface area contributed by atoms with Gasteiger partial charge in [0.2, 0.25) is 11.8 Å². The molecule has 0 aliphatic heterocycles. The van der Waals surface area contributed by atoms with Crippen LogP contribution in [0.3, 0.4) is 0 Å². The third-order valence-corrected chi connectivity index (χ3v) is 3.04. The molecule has 2 aromatic rings. The second-order valence-electron chi connectivity index (χ2n) is 4.95. The van der Waals surface area contributed by atoms with Crippen LogP contribution in [0.4, 0.5) is 5.69 Å². The van der Waals surface area contributed by atoms with E-state index in [1.807, 2.05) is 6.07 Å². The summed E-state index contributed by atoms with van der Waals surface area (Å²) in [6, 6.07) is 13.0. The van der Waals surface area contributed by atoms with Gasteiger partial charge in [0.25, 0.3) is 0 Å². The first kappa shape index (κ1) is 17.0. The molecule has 0 heterocycles. The van der Waals surface area contributed by atoms with E-state index in [1.165, 1.54) is 18.3 Å². The van der Waals surface area contributed by atoms with Crippen LogP contribution in [-0.2, 0) is 9.59 Å². The number of aromatic hydroxyl groups is 2. The molecule has 0 aliphatic carbocycles. The summed E-state index contributed by atoms with van der Waals surface area (Å²) < 4.78 is 0. The lowest BCUT2D eigenvalue weighted by Crippen LogP contribution is -2.20. The van der Waals surface area contributed by atoms with E-state index in [-0.39, 0.29) is 30.2 Å². The number of nitrogens with one attached hydrogen (secondary N) is 2. The van der Waals surface area contributed by atoms with Gasteiger partial charge in [0.15, 0.2) is 0 Å². The molecule has 2 rings (SSSR count). The monoisotopic (exact) mass is 327 g/mol. The van der Waals surface area contributed by atoms with E-state index in [2.05, 4.69) is 15.8 Å². The minimum atomic E-state index is -0.423. The number of nitrogens with zero attached hydrogens (tertiary/aromatic N) is 1. The second-order valence-corrected chi connectivity index (χ2v) is 4.95. The normalized spacial score (nSPS) is 10.5. The van der Waals surface area contributed by atoms with Crippen molar-refractivity contribution < 1.29 is 19.8 Å². The van der Waals surface area contributed by atoms with Crippen molar-refractivity contribution in [3.05, 3.63) is 54.1 Å². The van der Waals surface area contributed by atoms with Crippen molar-refractivity contribution in [3.8, 4) is 11.5 Å². The molecule has 0 radical (unpaired) electrons. The Labute approximate surface area is 138 Å². The number of anilines is 1. The summed E-state index contributed by atoms with van der Waals surface area (Å²) in [5.74, 6) is -0.919. The van der Waals surface area contributed by atoms with Crippen molar-refractivity contribution >= 4 is 23.7 Å². The molecule has 0 unspecified atom stereocenters. The Hall–Kier alpha value is -3.35. The van der Waals surface area contributed by atoms with Crippen LogP contribution >= 0.6 is 0 Å². The van der Waals surface area contributed by atoms with Gasteiger partial charge in [0, 0.05) is 30.2 Å². The van der Waals surface area contributed by atoms with Crippen LogP contribution in [0, 0.1) is 0 Å². The maximum atomic E-state index is 11.7. The molecule has 0 bridgehead atoms. The lowest BCUT2D eigenvalue weighted by molar-refractivity contribution is -0.124. The number of para-hydroxylation sites is 1. The van der Waals surface area contributed by atoms with Crippen LogP contribution in [0.1, 0.15) is 18.4 Å². The summed E-state index contributed by atoms with van der Waals surface area (Å²) in [5.41, 5.74) is 3.28. The fourth-order valence-corrected chi connectivity index (χ4v) is 1.84. The molecule has 7 nitrogen and oxygen atoms in total. The largest absolute Gasteiger partial charge is 0.508 e. The van der Waals surface area contributed by atoms with Crippen LogP contribution in [0.5, 0.6) is 11.5 Å². The average Bonchev–Trinajstić information content (AvgIpc) is 2.56. The van der Waals surface area contributed by atoms with Crippen molar-refractivity contribution in [2.75, 3.05) is 5.32 Å². The maximum Gasteiger partial charge on any atom is 0.240 e. The van der Waals surface area contributed by atoms with Crippen molar-refractivity contribution in [3.63, 3.8) is 0 Å². The van der Waals surface area contributed by atoms with Gasteiger partial charge < -0.3 is 15.5 Å². The number of carbonyl (C=O) groups is 2. The molecule has 0 saturated carbocycles. The van der Waals surface area contributed by atoms with Gasteiger partial charge in [-0.2, -0.15) is 5.10 Å². The Balaban J connectivity index is 1.75. The second kappa shape index (κ2) is 8.33. The zero-order valence-corrected chi connectivity index (χ0v) is 12.8. The Kier molecular flexibility index (Phi) is 5.90. The van der Waals surface area contributed by atoms with Crippen molar-refractivity contribution in [1.29, 1.82) is 0 Å². The van der Waals surface area contributed by atoms with E-state index in [0.29, 0.717) is 11.3 Å². The number of phenols is 2. The van der Waals surface area contributed by atoms with Crippen LogP contribution < -0.4 is 10.7 Å². The molecule has 2 aromatic carbocycles. The number of benzene rings is 2. The first-order valence-electron chi connectivity index (χ1n) is 7.23. The number of carbonyl (C=O) groups excluding carboxylic acids is 2. The Bertz CT molecular complexity index is 745. The molecular weight excluding hydrogens is 310 g/mol. The number of amides is 2. The van der Waals surface area contributed by atoms with E-state index < -0.39 is 5.91 Å². The minimum absolute atomic E-state index is 0.0163. The molecule has 2 amide bonds. The van der Waals surface area contributed by atoms with Crippen LogP contribution in [0.2, 0.25) is 0 Å². The fraction of sp³-hybridized carbons (Fsp3) is 0.118. The van der Waals surface area contributed by atoms with E-state index >= 15 is 0 Å². The highest BCUT2D eigenvalue weighted by Crippen LogP contribution is 2.20. The molecule has 0 aromatic heterocycles. The highest BCUT2D eigenvalue weighted by molar-refractivity contribution is 5.93. The van der Waals surface area contributed by atoms with Crippen LogP contribution in [-0.4, -0.2) is 28.2 Å². The SMILES string of the molecule is O=C(CCC(=O)Nc1ccccc1)N/N=C\c1ccc(O)cc1O. The van der Waals surface area contributed by atoms with E-state index in [9.17, 15) is 14.7 Å². The quantitative estimate of drug-likeness (QED) is 0.480. The zero-order valence-electron chi connectivity index (χ0n) is 12.8. The Morgan fingerprint density at radius 3 is 2.42 bits per heavy atom. The molecule has 0 spiro atoms. The fourth-order valence-electron chi connectivity index (χ4n) is 1.84. The highest BCUT2D eigenvalue weighted by atomic mass is 16.3. The van der Waals surface area contributed by atoms with Gasteiger partial charge in [-0.1, -0.05) is 18.2 Å². The van der Waals surface area contributed by atoms with Gasteiger partial charge >= 0.3 is 0 Å². The smallest absolute Gasteiger partial charge is 0.240 e. The summed E-state index contributed by atoms with van der Waals surface area (Å²) in [5, 5.41) is 25.1. The summed E-state index contributed by atoms with van der Waals surface area (Å²) in [6.07, 6.45) is 1.26. The summed E-state index contributed by atoms with van der Waals surface area (Å²) in [4.78, 5) is 23.3. The summed E-state index contributed by atoms with van der Waals surface area (Å²) in [7, 11) is 0. The number of hydrogen-bond donors (Lipinski definition) is 4. The van der Waals surface area contributed by atoms with Crippen molar-refractivity contribution in [1.82, 2.24) is 5.43 Å². The first-order valence-corrected chi connectivity index (χ1v) is 7.23. The molecular formula is C17H17N3O4. The molecule has 0 aliphatic rings. The predicted molar refractivity (Wildman–Crippen MR) is 89.8 cm³/mol. The average molecular weight is 327 g/mol. The van der Waals surface area contributed by atoms with Gasteiger partial charge in [-0.3, -0.25) is 9.59 Å². The van der Waals surface area contributed by atoms with Gasteiger partial charge in [-0.25, -0.2) is 5.43 Å². The summed E-state index contributed by atoms with van der Waals surface area (Å²) >= 11 is 0. The van der Waals surface area contributed by atoms with Crippen LogP contribution in [0.15, 0.2) is 53.6 Å². The van der Waals surface area contributed by atoms with Gasteiger partial charge in [-0.05, 0) is 24.3 Å². The number of phenolic OH excluding ortho intramolecular Hbond substituents is 2. The summed E-state index contributed by atoms with van der Waals surface area (Å²) in [6.45, 7) is 0. The topological polar surface area (TPSA) is 111 Å². The molecule has 0 fully saturated rings. The minimum Gasteiger partial charge on any atom is -0.508 e. The molecule has 0 atom stereocenters. The number of rotatable bonds is 6. The Morgan fingerprint density at radius 2 is 1.71 bits per heavy atom. The van der Waals surface area contributed by atoms with E-state index in [1.54, 1.807) is 24.3 Å². The zero-order chi connectivity index (χ0) is 17.4. The number of hydrazone groups is 1. The third kappa shape index (κ3) is 5.45. The van der Waals surface area contributed by atoms with Gasteiger partial charge in [0.1, 0.15) is 11.5 Å². The lowest BCUT2D eigenvalue weighted by Gasteiger charge is -2.04. The van der Waals surface area contributed by atoms with E-state index in [4.69, 9.17) is 5.11 Å². The van der Waals surface area contributed by atoms with Crippen molar-refractivity contribution in [2.24, 2.45) is 5.10 Å². The van der Waals surface area contributed by atoms with Gasteiger partial charge in [0.05, 0.1) is 6.21 Å². The highest BCUT2D eigenvalue weighted by Gasteiger charge is 2.06. The molecule has 0 saturated heterocycles. The molecule has 7 heteroatoms. The standard InChI is InChI=1S/C17H17N3O4/c21-14-7-6-12(15(22)10-14)11-18-20-17(24)9-8-16(23)19-13-4-2-1-3-5-13/h1-7,10-11,21-22H,8-9H2,(H,19,23)(H,20,24)/b18-11-. The lowest BCUT2D eigenvalue weighted by atomic mass is 10.2. The predicted octanol–water partition coefficient (Wildman–Crippen LogP) is 1.97. The molecule has 124 valence electrons. The number of hydrogen-bond acceptors (Lipinski definition) is 5.